The zero-order valence-corrected chi connectivity index (χ0v) is 11.1. The zero-order valence-electron chi connectivity index (χ0n) is 8.66. The minimum Gasteiger partial charge on any atom is -0.287 e. The highest BCUT2D eigenvalue weighted by Gasteiger charge is 2.36. The Balaban J connectivity index is 2.48. The molecule has 2 nitrogen and oxygen atoms in total. The first-order valence-corrected chi connectivity index (χ1v) is 6.43. The van der Waals surface area contributed by atoms with Crippen LogP contribution in [0.25, 0.3) is 0 Å². The Hall–Kier alpha value is -1.21. The van der Waals surface area contributed by atoms with E-state index < -0.39 is 17.5 Å². The summed E-state index contributed by atoms with van der Waals surface area (Å²) in [5.74, 6) is -0.740. The van der Waals surface area contributed by atoms with Gasteiger partial charge in [0, 0.05) is 27.0 Å². The molecule has 0 amide bonds. The first kappa shape index (κ1) is 13.2. The van der Waals surface area contributed by atoms with E-state index in [2.05, 4.69) is 20.9 Å². The molecule has 2 rings (SSSR count). The van der Waals surface area contributed by atoms with E-state index in [4.69, 9.17) is 0 Å². The van der Waals surface area contributed by atoms with E-state index in [0.29, 0.717) is 4.47 Å². The second-order valence-electron chi connectivity index (χ2n) is 3.36. The van der Waals surface area contributed by atoms with E-state index in [0.717, 1.165) is 16.7 Å². The molecule has 0 unspecified atom stereocenters. The van der Waals surface area contributed by atoms with Gasteiger partial charge >= 0.3 is 6.18 Å². The van der Waals surface area contributed by atoms with Gasteiger partial charge in [-0.15, -0.1) is 0 Å². The number of thiophene rings is 1. The van der Waals surface area contributed by atoms with E-state index in [1.165, 1.54) is 11.6 Å². The van der Waals surface area contributed by atoms with Crippen LogP contribution >= 0.6 is 27.3 Å². The quantitative estimate of drug-likeness (QED) is 0.771. The van der Waals surface area contributed by atoms with E-state index in [1.54, 1.807) is 12.1 Å². The van der Waals surface area contributed by atoms with E-state index in [9.17, 15) is 18.0 Å². The maximum Gasteiger partial charge on any atom is 0.417 e. The number of rotatable bonds is 2. The van der Waals surface area contributed by atoms with Gasteiger partial charge in [-0.2, -0.15) is 24.5 Å². The molecule has 0 aliphatic carbocycles. The molecule has 0 saturated carbocycles. The van der Waals surface area contributed by atoms with Crippen LogP contribution in [0.1, 0.15) is 21.6 Å². The van der Waals surface area contributed by atoms with Gasteiger partial charge in [0.25, 0.3) is 0 Å². The molecular formula is C11H5BrF3NOS. The highest BCUT2D eigenvalue weighted by molar-refractivity contribution is 9.10. The third-order valence-corrected chi connectivity index (χ3v) is 3.57. The lowest BCUT2D eigenvalue weighted by molar-refractivity contribution is -0.137. The van der Waals surface area contributed by atoms with Gasteiger partial charge in [-0.05, 0) is 28.1 Å². The molecule has 0 aliphatic heterocycles. The Labute approximate surface area is 113 Å². The first-order chi connectivity index (χ1) is 8.41. The lowest BCUT2D eigenvalue weighted by Crippen LogP contribution is -2.12. The molecule has 0 fully saturated rings. The van der Waals surface area contributed by atoms with Gasteiger partial charge in [-0.1, -0.05) is 0 Å². The van der Waals surface area contributed by atoms with Gasteiger partial charge in [0.15, 0.2) is 0 Å². The van der Waals surface area contributed by atoms with Crippen molar-refractivity contribution in [2.24, 2.45) is 0 Å². The number of nitrogens with zero attached hydrogens (tertiary/aromatic N) is 1. The van der Waals surface area contributed by atoms with Crippen molar-refractivity contribution in [1.29, 1.82) is 0 Å². The van der Waals surface area contributed by atoms with Crippen LogP contribution in [-0.2, 0) is 6.18 Å². The molecule has 2 aromatic rings. The van der Waals surface area contributed by atoms with E-state index >= 15 is 0 Å². The molecule has 2 aromatic heterocycles. The monoisotopic (exact) mass is 335 g/mol. The van der Waals surface area contributed by atoms with E-state index in [-0.39, 0.29) is 11.3 Å². The highest BCUT2D eigenvalue weighted by atomic mass is 79.9. The summed E-state index contributed by atoms with van der Waals surface area (Å²) in [6.07, 6.45) is -3.18. The topological polar surface area (TPSA) is 30.0 Å². The van der Waals surface area contributed by atoms with Gasteiger partial charge in [0.1, 0.15) is 5.69 Å². The van der Waals surface area contributed by atoms with Crippen molar-refractivity contribution in [1.82, 2.24) is 4.98 Å². The van der Waals surface area contributed by atoms with Crippen molar-refractivity contribution in [3.05, 3.63) is 50.4 Å². The molecule has 0 N–H and O–H groups in total. The van der Waals surface area contributed by atoms with Gasteiger partial charge in [-0.25, -0.2) is 0 Å². The lowest BCUT2D eigenvalue weighted by Gasteiger charge is -2.07. The van der Waals surface area contributed by atoms with Crippen molar-refractivity contribution in [2.75, 3.05) is 0 Å². The molecule has 0 saturated heterocycles. The molecule has 0 bridgehead atoms. The Bertz CT molecular complexity index is 594. The maximum atomic E-state index is 12.7. The van der Waals surface area contributed by atoms with Crippen LogP contribution in [0.3, 0.4) is 0 Å². The van der Waals surface area contributed by atoms with Crippen LogP contribution in [0, 0.1) is 0 Å². The number of alkyl halides is 3. The molecule has 7 heteroatoms. The second-order valence-corrected chi connectivity index (χ2v) is 4.96. The number of pyridine rings is 1. The van der Waals surface area contributed by atoms with Crippen LogP contribution in [0.4, 0.5) is 13.2 Å². The summed E-state index contributed by atoms with van der Waals surface area (Å²) in [6.45, 7) is 0. The van der Waals surface area contributed by atoms with E-state index in [1.807, 2.05) is 0 Å². The summed E-state index contributed by atoms with van der Waals surface area (Å²) < 4.78 is 38.4. The Morgan fingerprint density at radius 3 is 2.67 bits per heavy atom. The number of halogens is 4. The largest absolute Gasteiger partial charge is 0.417 e. The molecule has 0 aliphatic rings. The summed E-state index contributed by atoms with van der Waals surface area (Å²) in [7, 11) is 0. The number of aromatic nitrogens is 1. The van der Waals surface area contributed by atoms with Crippen molar-refractivity contribution >= 4 is 33.0 Å². The van der Waals surface area contributed by atoms with Crippen LogP contribution < -0.4 is 0 Å². The summed E-state index contributed by atoms with van der Waals surface area (Å²) in [5.41, 5.74) is -1.32. The molecule has 0 spiro atoms. The Morgan fingerprint density at radius 1 is 1.33 bits per heavy atom. The normalized spacial score (nSPS) is 11.6. The molecular weight excluding hydrogens is 331 g/mol. The standard InChI is InChI=1S/C11H5BrF3NOS/c12-8-2-1-3-16-9(8)10(17)6-4-18-5-7(6)11(13,14)15/h1-5H. The third-order valence-electron chi connectivity index (χ3n) is 2.19. The molecule has 0 atom stereocenters. The molecule has 18 heavy (non-hydrogen) atoms. The van der Waals surface area contributed by atoms with Gasteiger partial charge < -0.3 is 0 Å². The number of hydrogen-bond donors (Lipinski definition) is 0. The Kier molecular flexibility index (Phi) is 3.54. The fraction of sp³-hybridized carbons (Fsp3) is 0.0909. The molecule has 94 valence electrons. The average Bonchev–Trinajstić information content (AvgIpc) is 2.77. The average molecular weight is 336 g/mol. The van der Waals surface area contributed by atoms with Gasteiger partial charge in [-0.3, -0.25) is 9.78 Å². The number of hydrogen-bond acceptors (Lipinski definition) is 3. The summed E-state index contributed by atoms with van der Waals surface area (Å²) in [6, 6.07) is 3.14. The SMILES string of the molecule is O=C(c1cscc1C(F)(F)F)c1ncccc1Br. The summed E-state index contributed by atoms with van der Waals surface area (Å²) in [4.78, 5) is 15.8. The fourth-order valence-electron chi connectivity index (χ4n) is 1.37. The summed E-state index contributed by atoms with van der Waals surface area (Å²) in [5, 5.41) is 2.11. The fourth-order valence-corrected chi connectivity index (χ4v) is 2.64. The predicted octanol–water partition coefficient (Wildman–Crippen LogP) is 4.16. The van der Waals surface area contributed by atoms with Crippen LogP contribution in [0.5, 0.6) is 0 Å². The van der Waals surface area contributed by atoms with Crippen molar-refractivity contribution < 1.29 is 18.0 Å². The smallest absolute Gasteiger partial charge is 0.287 e. The van der Waals surface area contributed by atoms with Crippen LogP contribution in [0.2, 0.25) is 0 Å². The number of carbonyl (C=O) groups excluding carboxylic acids is 1. The second kappa shape index (κ2) is 4.81. The van der Waals surface area contributed by atoms with Crippen molar-refractivity contribution in [3.8, 4) is 0 Å². The third kappa shape index (κ3) is 2.46. The van der Waals surface area contributed by atoms with Gasteiger partial charge in [0.05, 0.1) is 5.56 Å². The van der Waals surface area contributed by atoms with Crippen molar-refractivity contribution in [2.45, 2.75) is 6.18 Å². The van der Waals surface area contributed by atoms with Crippen LogP contribution in [0.15, 0.2) is 33.6 Å². The minimum absolute atomic E-state index is 0.0265. The maximum absolute atomic E-state index is 12.7. The predicted molar refractivity (Wildman–Crippen MR) is 64.7 cm³/mol. The van der Waals surface area contributed by atoms with Crippen LogP contribution in [-0.4, -0.2) is 10.8 Å². The number of carbonyl (C=O) groups is 1. The van der Waals surface area contributed by atoms with Crippen molar-refractivity contribution in [3.63, 3.8) is 0 Å². The summed E-state index contributed by atoms with van der Waals surface area (Å²) >= 11 is 3.93. The molecule has 0 radical (unpaired) electrons. The molecule has 2 heterocycles. The highest BCUT2D eigenvalue weighted by Crippen LogP contribution is 2.35. The number of ketones is 1. The molecule has 0 aromatic carbocycles. The van der Waals surface area contributed by atoms with Gasteiger partial charge in [0.2, 0.25) is 5.78 Å². The lowest BCUT2D eigenvalue weighted by atomic mass is 10.1. The minimum atomic E-state index is -4.54. The zero-order chi connectivity index (χ0) is 13.3. The Morgan fingerprint density at radius 2 is 2.06 bits per heavy atom. The first-order valence-electron chi connectivity index (χ1n) is 4.70.